The predicted molar refractivity (Wildman–Crippen MR) is 55.1 cm³/mol. The maximum Gasteiger partial charge on any atom is 0.236 e. The molecular weight excluding hydrogens is 202 g/mol. The molecule has 0 aromatic heterocycles. The molecule has 4 nitrogen and oxygen atoms in total. The molecule has 0 saturated carbocycles. The highest BCUT2D eigenvalue weighted by Crippen LogP contribution is 2.13. The van der Waals surface area contributed by atoms with Crippen LogP contribution in [0.2, 0.25) is 0 Å². The summed E-state index contributed by atoms with van der Waals surface area (Å²) in [5, 5.41) is 0. The number of hydrogen-bond acceptors (Lipinski definition) is 3. The molecule has 1 fully saturated rings. The van der Waals surface area contributed by atoms with Gasteiger partial charge in [0.2, 0.25) is 10.0 Å². The molecular formula is C9H19NO3S. The first kappa shape index (κ1) is 11.9. The molecule has 0 bridgehead atoms. The van der Waals surface area contributed by atoms with Gasteiger partial charge in [-0.05, 0) is 25.2 Å². The average molecular weight is 221 g/mol. The molecule has 0 aromatic rings. The van der Waals surface area contributed by atoms with Gasteiger partial charge in [0, 0.05) is 6.54 Å². The fourth-order valence-corrected chi connectivity index (χ4v) is 2.90. The summed E-state index contributed by atoms with van der Waals surface area (Å²) in [6, 6.07) is 0. The fourth-order valence-electron chi connectivity index (χ4n) is 1.28. The molecule has 0 atom stereocenters. The summed E-state index contributed by atoms with van der Waals surface area (Å²) in [5.74, 6) is 0.611. The van der Waals surface area contributed by atoms with E-state index in [-0.39, 0.29) is 5.75 Å². The minimum Gasteiger partial charge on any atom is -0.284 e. The Bertz CT molecular complexity index is 255. The van der Waals surface area contributed by atoms with Crippen molar-refractivity contribution in [2.75, 3.05) is 18.9 Å². The molecule has 84 valence electrons. The third kappa shape index (κ3) is 3.55. The summed E-state index contributed by atoms with van der Waals surface area (Å²) in [5.41, 5.74) is 0. The van der Waals surface area contributed by atoms with E-state index in [1.807, 2.05) is 13.8 Å². The Labute approximate surface area is 86.2 Å². The smallest absolute Gasteiger partial charge is 0.236 e. The van der Waals surface area contributed by atoms with Crippen molar-refractivity contribution in [3.63, 3.8) is 0 Å². The Morgan fingerprint density at radius 3 is 2.57 bits per heavy atom. The molecule has 0 spiro atoms. The Morgan fingerprint density at radius 1 is 1.36 bits per heavy atom. The lowest BCUT2D eigenvalue weighted by Gasteiger charge is -2.25. The SMILES string of the molecule is CC(C)CCS(=O)(=O)N1CCCCO1. The maximum absolute atomic E-state index is 11.7. The van der Waals surface area contributed by atoms with Crippen molar-refractivity contribution in [1.29, 1.82) is 0 Å². The van der Waals surface area contributed by atoms with E-state index in [0.29, 0.717) is 25.5 Å². The van der Waals surface area contributed by atoms with Gasteiger partial charge < -0.3 is 0 Å². The summed E-state index contributed by atoms with van der Waals surface area (Å²) in [6.07, 6.45) is 2.55. The summed E-state index contributed by atoms with van der Waals surface area (Å²) in [4.78, 5) is 5.12. The number of rotatable bonds is 4. The monoisotopic (exact) mass is 221 g/mol. The van der Waals surface area contributed by atoms with Gasteiger partial charge in [-0.15, -0.1) is 0 Å². The summed E-state index contributed by atoms with van der Waals surface area (Å²) >= 11 is 0. The van der Waals surface area contributed by atoms with Gasteiger partial charge in [0.25, 0.3) is 0 Å². The molecule has 1 aliphatic heterocycles. The van der Waals surface area contributed by atoms with Crippen molar-refractivity contribution in [2.24, 2.45) is 5.92 Å². The molecule has 0 aliphatic carbocycles. The van der Waals surface area contributed by atoms with E-state index < -0.39 is 10.0 Å². The fraction of sp³-hybridized carbons (Fsp3) is 1.00. The molecule has 1 saturated heterocycles. The van der Waals surface area contributed by atoms with Crippen LogP contribution in [0.1, 0.15) is 33.1 Å². The molecule has 5 heteroatoms. The first-order chi connectivity index (χ1) is 6.52. The van der Waals surface area contributed by atoms with Crippen LogP contribution < -0.4 is 0 Å². The van der Waals surface area contributed by atoms with Crippen LogP contribution in [0.5, 0.6) is 0 Å². The van der Waals surface area contributed by atoms with Crippen molar-refractivity contribution in [3.8, 4) is 0 Å². The normalized spacial score (nSPS) is 20.2. The van der Waals surface area contributed by atoms with Crippen LogP contribution in [-0.4, -0.2) is 31.8 Å². The van der Waals surface area contributed by atoms with Gasteiger partial charge in [0.1, 0.15) is 0 Å². The lowest BCUT2D eigenvalue weighted by atomic mass is 10.2. The van der Waals surface area contributed by atoms with Crippen LogP contribution in [0, 0.1) is 5.92 Å². The highest BCUT2D eigenvalue weighted by atomic mass is 32.2. The molecule has 0 unspecified atom stereocenters. The summed E-state index contributed by atoms with van der Waals surface area (Å²) < 4.78 is 24.5. The van der Waals surface area contributed by atoms with E-state index in [9.17, 15) is 8.42 Å². The van der Waals surface area contributed by atoms with E-state index in [0.717, 1.165) is 12.8 Å². The summed E-state index contributed by atoms with van der Waals surface area (Å²) in [6.45, 7) is 5.08. The number of hydroxylamine groups is 1. The Kier molecular flexibility index (Phi) is 4.34. The minimum atomic E-state index is -3.17. The second-order valence-corrected chi connectivity index (χ2v) is 6.04. The van der Waals surface area contributed by atoms with Crippen molar-refractivity contribution in [1.82, 2.24) is 4.47 Å². The van der Waals surface area contributed by atoms with Gasteiger partial charge in [-0.3, -0.25) is 4.84 Å². The van der Waals surface area contributed by atoms with E-state index in [1.54, 1.807) is 0 Å². The Balaban J connectivity index is 2.46. The van der Waals surface area contributed by atoms with E-state index in [1.165, 1.54) is 4.47 Å². The predicted octanol–water partition coefficient (Wildman–Crippen LogP) is 1.39. The van der Waals surface area contributed by atoms with Crippen molar-refractivity contribution in [3.05, 3.63) is 0 Å². The molecule has 1 aliphatic rings. The second kappa shape index (κ2) is 5.09. The van der Waals surface area contributed by atoms with Gasteiger partial charge in [-0.1, -0.05) is 18.3 Å². The zero-order valence-electron chi connectivity index (χ0n) is 8.90. The van der Waals surface area contributed by atoms with Crippen LogP contribution in [0.25, 0.3) is 0 Å². The first-order valence-electron chi connectivity index (χ1n) is 5.16. The average Bonchev–Trinajstić information content (AvgIpc) is 2.16. The van der Waals surface area contributed by atoms with Crippen LogP contribution in [0.4, 0.5) is 0 Å². The van der Waals surface area contributed by atoms with E-state index in [2.05, 4.69) is 0 Å². The maximum atomic E-state index is 11.7. The Hall–Kier alpha value is -0.130. The highest BCUT2D eigenvalue weighted by Gasteiger charge is 2.24. The number of hydrogen-bond donors (Lipinski definition) is 0. The van der Waals surface area contributed by atoms with Gasteiger partial charge in [-0.2, -0.15) is 0 Å². The molecule has 14 heavy (non-hydrogen) atoms. The zero-order chi connectivity index (χ0) is 10.6. The van der Waals surface area contributed by atoms with Crippen LogP contribution in [0.3, 0.4) is 0 Å². The van der Waals surface area contributed by atoms with E-state index in [4.69, 9.17) is 4.84 Å². The largest absolute Gasteiger partial charge is 0.284 e. The van der Waals surface area contributed by atoms with Crippen LogP contribution in [0.15, 0.2) is 0 Å². The van der Waals surface area contributed by atoms with Crippen LogP contribution in [-0.2, 0) is 14.9 Å². The summed E-state index contributed by atoms with van der Waals surface area (Å²) in [7, 11) is -3.17. The highest BCUT2D eigenvalue weighted by molar-refractivity contribution is 7.88. The third-order valence-electron chi connectivity index (χ3n) is 2.23. The number of nitrogens with zero attached hydrogens (tertiary/aromatic N) is 1. The minimum absolute atomic E-state index is 0.199. The molecule has 0 aromatic carbocycles. The van der Waals surface area contributed by atoms with Crippen molar-refractivity contribution >= 4 is 10.0 Å². The quantitative estimate of drug-likeness (QED) is 0.720. The molecule has 0 amide bonds. The zero-order valence-corrected chi connectivity index (χ0v) is 9.72. The number of sulfonamides is 1. The first-order valence-corrected chi connectivity index (χ1v) is 6.76. The topological polar surface area (TPSA) is 46.6 Å². The second-order valence-electron chi connectivity index (χ2n) is 4.07. The standard InChI is InChI=1S/C9H19NO3S/c1-9(2)5-8-14(11,12)10-6-3-4-7-13-10/h9H,3-8H2,1-2H3. The van der Waals surface area contributed by atoms with Gasteiger partial charge in [-0.25, -0.2) is 8.42 Å². The Morgan fingerprint density at radius 2 is 2.07 bits per heavy atom. The lowest BCUT2D eigenvalue weighted by Crippen LogP contribution is -2.37. The van der Waals surface area contributed by atoms with Gasteiger partial charge in [0.05, 0.1) is 12.4 Å². The molecule has 0 radical (unpaired) electrons. The van der Waals surface area contributed by atoms with Gasteiger partial charge in [0.15, 0.2) is 0 Å². The van der Waals surface area contributed by atoms with Gasteiger partial charge >= 0.3 is 0 Å². The molecule has 0 N–H and O–H groups in total. The van der Waals surface area contributed by atoms with E-state index >= 15 is 0 Å². The lowest BCUT2D eigenvalue weighted by molar-refractivity contribution is -0.108. The van der Waals surface area contributed by atoms with Crippen molar-refractivity contribution < 1.29 is 13.3 Å². The molecule has 1 rings (SSSR count). The van der Waals surface area contributed by atoms with Crippen molar-refractivity contribution in [2.45, 2.75) is 33.1 Å². The van der Waals surface area contributed by atoms with Crippen LogP contribution >= 0.6 is 0 Å². The third-order valence-corrected chi connectivity index (χ3v) is 3.89. The molecule has 1 heterocycles.